The van der Waals surface area contributed by atoms with Crippen LogP contribution in [0.15, 0.2) is 79.0 Å². The van der Waals surface area contributed by atoms with E-state index in [1.807, 2.05) is 30.3 Å². The maximum absolute atomic E-state index is 12.9. The van der Waals surface area contributed by atoms with Crippen molar-refractivity contribution in [2.45, 2.75) is 6.54 Å². The van der Waals surface area contributed by atoms with Gasteiger partial charge in [0.25, 0.3) is 5.91 Å². The van der Waals surface area contributed by atoms with Gasteiger partial charge in [0, 0.05) is 35.1 Å². The number of carbonyl (C=O) groups excluding carboxylic acids is 3. The van der Waals surface area contributed by atoms with Crippen LogP contribution < -0.4 is 16.4 Å². The van der Waals surface area contributed by atoms with E-state index in [-0.39, 0.29) is 11.5 Å². The number of carbonyl (C=O) groups is 3. The molecule has 0 spiro atoms. The van der Waals surface area contributed by atoms with E-state index in [0.29, 0.717) is 23.5 Å². The van der Waals surface area contributed by atoms with Crippen molar-refractivity contribution < 1.29 is 19.1 Å². The van der Waals surface area contributed by atoms with Crippen molar-refractivity contribution in [2.24, 2.45) is 5.73 Å². The number of nitrogens with zero attached hydrogens (tertiary/aromatic N) is 1. The third kappa shape index (κ3) is 4.76. The number of aromatic nitrogens is 1. The molecule has 8 nitrogen and oxygen atoms in total. The molecule has 1 heterocycles. The second-order valence-corrected chi connectivity index (χ2v) is 7.32. The van der Waals surface area contributed by atoms with E-state index in [1.54, 1.807) is 36.5 Å². The number of hydrogen-bond acceptors (Lipinski definition) is 5. The number of para-hydroxylation sites is 1. The fourth-order valence-corrected chi connectivity index (χ4v) is 3.45. The van der Waals surface area contributed by atoms with Crippen LogP contribution in [0.2, 0.25) is 0 Å². The molecule has 4 rings (SSSR count). The third-order valence-corrected chi connectivity index (χ3v) is 5.13. The van der Waals surface area contributed by atoms with Gasteiger partial charge in [-0.2, -0.15) is 0 Å². The van der Waals surface area contributed by atoms with E-state index in [2.05, 4.69) is 10.6 Å². The van der Waals surface area contributed by atoms with E-state index in [9.17, 15) is 14.4 Å². The van der Waals surface area contributed by atoms with Crippen LogP contribution in [0, 0.1) is 0 Å². The zero-order chi connectivity index (χ0) is 23.4. The van der Waals surface area contributed by atoms with Gasteiger partial charge in [0.2, 0.25) is 0 Å². The minimum atomic E-state index is -0.597. The highest BCUT2D eigenvalue weighted by Gasteiger charge is 2.15. The molecule has 0 saturated heterocycles. The Bertz CT molecular complexity index is 1340. The average molecular weight is 442 g/mol. The predicted molar refractivity (Wildman–Crippen MR) is 126 cm³/mol. The molecule has 166 valence electrons. The third-order valence-electron chi connectivity index (χ3n) is 5.13. The van der Waals surface area contributed by atoms with Gasteiger partial charge in [-0.05, 0) is 48.0 Å². The van der Waals surface area contributed by atoms with Gasteiger partial charge in [-0.3, -0.25) is 9.36 Å². The summed E-state index contributed by atoms with van der Waals surface area (Å²) in [5, 5.41) is 6.45. The molecule has 3 aromatic carbocycles. The molecule has 0 aliphatic carbocycles. The second-order valence-electron chi connectivity index (χ2n) is 7.32. The number of hydrogen-bond donors (Lipinski definition) is 3. The van der Waals surface area contributed by atoms with E-state index in [4.69, 9.17) is 10.5 Å². The molecule has 0 radical (unpaired) electrons. The summed E-state index contributed by atoms with van der Waals surface area (Å²) in [6.45, 7) is 0.378. The number of ether oxygens (including phenoxy) is 1. The number of rotatable bonds is 5. The van der Waals surface area contributed by atoms with Crippen molar-refractivity contribution in [1.29, 1.82) is 0 Å². The van der Waals surface area contributed by atoms with Crippen molar-refractivity contribution >= 4 is 40.2 Å². The van der Waals surface area contributed by atoms with Gasteiger partial charge in [-0.1, -0.05) is 30.3 Å². The zero-order valence-corrected chi connectivity index (χ0v) is 17.9. The monoisotopic (exact) mass is 442 g/mol. The van der Waals surface area contributed by atoms with Crippen molar-refractivity contribution in [3.8, 4) is 0 Å². The summed E-state index contributed by atoms with van der Waals surface area (Å²) in [5.41, 5.74) is 8.52. The summed E-state index contributed by atoms with van der Waals surface area (Å²) in [5.74, 6) is -0.963. The molecule has 0 aliphatic rings. The Morgan fingerprint density at radius 2 is 1.58 bits per heavy atom. The lowest BCUT2D eigenvalue weighted by molar-refractivity contribution is 0.0600. The highest BCUT2D eigenvalue weighted by molar-refractivity contribution is 6.06. The summed E-state index contributed by atoms with van der Waals surface area (Å²) in [7, 11) is 1.26. The Hall–Kier alpha value is -4.43. The quantitative estimate of drug-likeness (QED) is 0.400. The van der Waals surface area contributed by atoms with Gasteiger partial charge in [-0.25, -0.2) is 9.59 Å². The normalized spacial score (nSPS) is 10.6. The van der Waals surface area contributed by atoms with Crippen LogP contribution in [0.4, 0.5) is 16.2 Å². The minimum absolute atomic E-state index is 0.182. The number of anilines is 2. The molecule has 1 aromatic heterocycles. The molecule has 0 atom stereocenters. The predicted octanol–water partition coefficient (Wildman–Crippen LogP) is 4.22. The van der Waals surface area contributed by atoms with E-state index < -0.39 is 12.0 Å². The maximum atomic E-state index is 12.9. The molecule has 0 saturated carbocycles. The molecule has 4 N–H and O–H groups in total. The largest absolute Gasteiger partial charge is 0.465 e. The van der Waals surface area contributed by atoms with Gasteiger partial charge in [-0.15, -0.1) is 0 Å². The first-order valence-corrected chi connectivity index (χ1v) is 10.2. The van der Waals surface area contributed by atoms with Crippen molar-refractivity contribution in [2.75, 3.05) is 17.7 Å². The molecule has 2 amide bonds. The number of fused-ring (bicyclic) bond motifs is 1. The van der Waals surface area contributed by atoms with E-state index >= 15 is 0 Å². The topological polar surface area (TPSA) is 115 Å². The Balaban J connectivity index is 1.61. The fraction of sp³-hybridized carbons (Fsp3) is 0.0800. The SMILES string of the molecule is COC(=O)c1cc(NC(=O)c2ccc(CN)cc2)cc(NC(=O)n2ccc3ccccc32)c1. The van der Waals surface area contributed by atoms with Crippen molar-refractivity contribution in [3.63, 3.8) is 0 Å². The zero-order valence-electron chi connectivity index (χ0n) is 17.9. The van der Waals surface area contributed by atoms with Crippen LogP contribution in [0.5, 0.6) is 0 Å². The first-order valence-electron chi connectivity index (χ1n) is 10.2. The molecule has 4 aromatic rings. The van der Waals surface area contributed by atoms with E-state index in [1.165, 1.54) is 23.8 Å². The standard InChI is InChI=1S/C25H22N4O4/c1-33-24(31)19-12-20(27-23(30)18-8-6-16(15-26)7-9-18)14-21(13-19)28-25(32)29-11-10-17-4-2-3-5-22(17)29/h2-14H,15,26H2,1H3,(H,27,30)(H,28,32). The number of benzene rings is 3. The molecule has 0 unspecified atom stereocenters. The fourth-order valence-electron chi connectivity index (χ4n) is 3.45. The first-order chi connectivity index (χ1) is 16.0. The highest BCUT2D eigenvalue weighted by Crippen LogP contribution is 2.22. The molecule has 8 heteroatoms. The van der Waals surface area contributed by atoms with Crippen molar-refractivity contribution in [1.82, 2.24) is 4.57 Å². The molecular weight excluding hydrogens is 420 g/mol. The second kappa shape index (κ2) is 9.37. The Labute approximate surface area is 190 Å². The van der Waals surface area contributed by atoms with Crippen LogP contribution in [0.3, 0.4) is 0 Å². The first kappa shape index (κ1) is 21.8. The van der Waals surface area contributed by atoms with Gasteiger partial charge in [0.05, 0.1) is 18.2 Å². The van der Waals surface area contributed by atoms with Gasteiger partial charge in [0.15, 0.2) is 0 Å². The van der Waals surface area contributed by atoms with E-state index in [0.717, 1.165) is 16.5 Å². The van der Waals surface area contributed by atoms with Crippen LogP contribution >= 0.6 is 0 Å². The molecule has 0 aliphatic heterocycles. The summed E-state index contributed by atoms with van der Waals surface area (Å²) in [6.07, 6.45) is 1.66. The van der Waals surface area contributed by atoms with Crippen LogP contribution in [0.25, 0.3) is 10.9 Å². The van der Waals surface area contributed by atoms with Gasteiger partial charge >= 0.3 is 12.0 Å². The smallest absolute Gasteiger partial charge is 0.337 e. The summed E-state index contributed by atoms with van der Waals surface area (Å²) < 4.78 is 6.28. The van der Waals surface area contributed by atoms with Crippen LogP contribution in [-0.2, 0) is 11.3 Å². The number of esters is 1. The summed E-state index contributed by atoms with van der Waals surface area (Å²) >= 11 is 0. The molecule has 0 fully saturated rings. The maximum Gasteiger partial charge on any atom is 0.337 e. The summed E-state index contributed by atoms with van der Waals surface area (Å²) in [6, 6.07) is 20.3. The number of amides is 2. The lowest BCUT2D eigenvalue weighted by atomic mass is 10.1. The number of nitrogens with two attached hydrogens (primary N) is 1. The summed E-state index contributed by atoms with van der Waals surface area (Å²) in [4.78, 5) is 37.7. The van der Waals surface area contributed by atoms with Crippen LogP contribution in [0.1, 0.15) is 26.3 Å². The van der Waals surface area contributed by atoms with Gasteiger partial charge < -0.3 is 21.1 Å². The van der Waals surface area contributed by atoms with Gasteiger partial charge in [0.1, 0.15) is 0 Å². The molecule has 33 heavy (non-hydrogen) atoms. The number of nitrogens with one attached hydrogen (secondary N) is 2. The molecular formula is C25H22N4O4. The Kier molecular flexibility index (Phi) is 6.19. The average Bonchev–Trinajstić information content (AvgIpc) is 3.27. The lowest BCUT2D eigenvalue weighted by Crippen LogP contribution is -2.19. The van der Waals surface area contributed by atoms with Crippen molar-refractivity contribution in [3.05, 3.63) is 95.7 Å². The lowest BCUT2D eigenvalue weighted by Gasteiger charge is -2.12. The molecule has 0 bridgehead atoms. The Morgan fingerprint density at radius 3 is 2.27 bits per heavy atom. The number of methoxy groups -OCH3 is 1. The Morgan fingerprint density at radius 1 is 0.879 bits per heavy atom. The highest BCUT2D eigenvalue weighted by atomic mass is 16.5. The minimum Gasteiger partial charge on any atom is -0.465 e. The van der Waals surface area contributed by atoms with Crippen LogP contribution in [-0.4, -0.2) is 29.6 Å².